The summed E-state index contributed by atoms with van der Waals surface area (Å²) in [4.78, 5) is 0.211. The summed E-state index contributed by atoms with van der Waals surface area (Å²) >= 11 is 0. The number of rotatable bonds is 6. The van der Waals surface area contributed by atoms with Crippen LogP contribution in [0.15, 0.2) is 70.2 Å². The third-order valence-corrected chi connectivity index (χ3v) is 6.23. The molecule has 1 saturated carbocycles. The van der Waals surface area contributed by atoms with Gasteiger partial charge in [-0.25, -0.2) is 13.1 Å². The third-order valence-electron chi connectivity index (χ3n) is 4.77. The van der Waals surface area contributed by atoms with E-state index in [-0.39, 0.29) is 17.4 Å². The number of fused-ring (bicyclic) bond motifs is 1. The van der Waals surface area contributed by atoms with Crippen molar-refractivity contribution in [3.63, 3.8) is 0 Å². The van der Waals surface area contributed by atoms with Gasteiger partial charge in [0.1, 0.15) is 11.4 Å². The lowest BCUT2D eigenvalue weighted by Gasteiger charge is -2.26. The maximum atomic E-state index is 12.9. The molecule has 4 rings (SSSR count). The Bertz CT molecular complexity index is 988. The molecule has 1 aliphatic rings. The fourth-order valence-electron chi connectivity index (χ4n) is 3.23. The fraction of sp³-hybridized carbons (Fsp3) is 0.263. The summed E-state index contributed by atoms with van der Waals surface area (Å²) in [6, 6.07) is 15.9. The van der Waals surface area contributed by atoms with E-state index in [1.54, 1.807) is 30.3 Å². The normalized spacial score (nSPS) is 17.5. The van der Waals surface area contributed by atoms with Crippen LogP contribution in [0.5, 0.6) is 0 Å². The number of furan rings is 1. The predicted octanol–water partition coefficient (Wildman–Crippen LogP) is 3.01. The van der Waals surface area contributed by atoms with E-state index in [0.29, 0.717) is 11.1 Å². The first kappa shape index (κ1) is 16.3. The van der Waals surface area contributed by atoms with E-state index < -0.39 is 15.6 Å². The molecule has 1 fully saturated rings. The zero-order valence-electron chi connectivity index (χ0n) is 13.6. The highest BCUT2D eigenvalue weighted by molar-refractivity contribution is 7.89. The molecule has 2 aromatic carbocycles. The predicted molar refractivity (Wildman–Crippen MR) is 94.5 cm³/mol. The Kier molecular flexibility index (Phi) is 3.91. The van der Waals surface area contributed by atoms with Gasteiger partial charge in [-0.15, -0.1) is 0 Å². The Morgan fingerprint density at radius 3 is 2.56 bits per heavy atom. The standard InChI is InChI=1S/C19H19NO4S/c21-19(15-10-11-15,18-9-4-12-24-18)13-20-25(22,23)17-8-3-6-14-5-1-2-7-16(14)17/h1-9,12,15,20-21H,10-11,13H2/t19-/m0/s1. The van der Waals surface area contributed by atoms with Crippen molar-refractivity contribution in [2.45, 2.75) is 23.3 Å². The molecule has 1 aromatic heterocycles. The van der Waals surface area contributed by atoms with Gasteiger partial charge in [-0.3, -0.25) is 0 Å². The van der Waals surface area contributed by atoms with E-state index in [2.05, 4.69) is 4.72 Å². The van der Waals surface area contributed by atoms with E-state index in [0.717, 1.165) is 18.2 Å². The van der Waals surface area contributed by atoms with Crippen LogP contribution in [-0.4, -0.2) is 20.1 Å². The van der Waals surface area contributed by atoms with Crippen LogP contribution in [0.2, 0.25) is 0 Å². The lowest BCUT2D eigenvalue weighted by Crippen LogP contribution is -2.42. The van der Waals surface area contributed by atoms with Crippen LogP contribution in [-0.2, 0) is 15.6 Å². The van der Waals surface area contributed by atoms with E-state index >= 15 is 0 Å². The van der Waals surface area contributed by atoms with Gasteiger partial charge in [0.2, 0.25) is 10.0 Å². The molecular formula is C19H19NO4S. The molecule has 5 nitrogen and oxygen atoms in total. The van der Waals surface area contributed by atoms with Crippen LogP contribution in [0.3, 0.4) is 0 Å². The van der Waals surface area contributed by atoms with Gasteiger partial charge in [0.05, 0.1) is 11.2 Å². The van der Waals surface area contributed by atoms with Crippen molar-refractivity contribution in [2.75, 3.05) is 6.54 Å². The second kappa shape index (κ2) is 5.98. The summed E-state index contributed by atoms with van der Waals surface area (Å²) in [5.74, 6) is 0.407. The molecule has 0 bridgehead atoms. The van der Waals surface area contributed by atoms with E-state index in [9.17, 15) is 13.5 Å². The van der Waals surface area contributed by atoms with Crippen molar-refractivity contribution in [2.24, 2.45) is 5.92 Å². The minimum absolute atomic E-state index is 0.00821. The molecule has 1 aliphatic carbocycles. The molecule has 0 radical (unpaired) electrons. The SMILES string of the molecule is O=S(=O)(NC[C@@](O)(c1ccco1)C1CC1)c1cccc2ccccc12. The number of hydrogen-bond donors (Lipinski definition) is 2. The monoisotopic (exact) mass is 357 g/mol. The first-order chi connectivity index (χ1) is 12.0. The van der Waals surface area contributed by atoms with Crippen molar-refractivity contribution in [3.05, 3.63) is 66.6 Å². The molecule has 25 heavy (non-hydrogen) atoms. The molecule has 0 amide bonds. The van der Waals surface area contributed by atoms with Crippen molar-refractivity contribution in [1.29, 1.82) is 0 Å². The minimum atomic E-state index is -3.77. The smallest absolute Gasteiger partial charge is 0.241 e. The molecule has 0 saturated heterocycles. The lowest BCUT2D eigenvalue weighted by molar-refractivity contribution is -0.00224. The Morgan fingerprint density at radius 1 is 1.08 bits per heavy atom. The number of benzene rings is 2. The quantitative estimate of drug-likeness (QED) is 0.711. The zero-order chi connectivity index (χ0) is 17.5. The van der Waals surface area contributed by atoms with Crippen LogP contribution >= 0.6 is 0 Å². The Hall–Kier alpha value is -2.15. The van der Waals surface area contributed by atoms with Crippen molar-refractivity contribution >= 4 is 20.8 Å². The first-order valence-corrected chi connectivity index (χ1v) is 9.73. The molecule has 130 valence electrons. The van der Waals surface area contributed by atoms with Crippen LogP contribution in [0, 0.1) is 5.92 Å². The van der Waals surface area contributed by atoms with Crippen LogP contribution < -0.4 is 4.72 Å². The average molecular weight is 357 g/mol. The number of hydrogen-bond acceptors (Lipinski definition) is 4. The van der Waals surface area contributed by atoms with Crippen molar-refractivity contribution in [1.82, 2.24) is 4.72 Å². The summed E-state index contributed by atoms with van der Waals surface area (Å²) in [7, 11) is -3.77. The van der Waals surface area contributed by atoms with E-state index in [1.807, 2.05) is 24.3 Å². The topological polar surface area (TPSA) is 79.5 Å². The fourth-order valence-corrected chi connectivity index (χ4v) is 4.53. The minimum Gasteiger partial charge on any atom is -0.466 e. The molecule has 3 aromatic rings. The Balaban J connectivity index is 1.65. The highest BCUT2D eigenvalue weighted by atomic mass is 32.2. The molecule has 1 heterocycles. The highest BCUT2D eigenvalue weighted by Crippen LogP contribution is 2.45. The van der Waals surface area contributed by atoms with Gasteiger partial charge >= 0.3 is 0 Å². The van der Waals surface area contributed by atoms with Gasteiger partial charge in [-0.05, 0) is 42.3 Å². The van der Waals surface area contributed by atoms with Crippen LogP contribution in [0.25, 0.3) is 10.8 Å². The van der Waals surface area contributed by atoms with Gasteiger partial charge in [0.25, 0.3) is 0 Å². The second-order valence-electron chi connectivity index (χ2n) is 6.48. The van der Waals surface area contributed by atoms with Crippen molar-refractivity contribution in [3.8, 4) is 0 Å². The summed E-state index contributed by atoms with van der Waals surface area (Å²) < 4.78 is 33.6. The molecule has 6 heteroatoms. The Labute approximate surface area is 146 Å². The van der Waals surface area contributed by atoms with Crippen molar-refractivity contribution < 1.29 is 17.9 Å². The van der Waals surface area contributed by atoms with E-state index in [1.165, 1.54) is 6.26 Å². The van der Waals surface area contributed by atoms with Gasteiger partial charge in [-0.1, -0.05) is 36.4 Å². The molecule has 2 N–H and O–H groups in total. The third kappa shape index (κ3) is 2.97. The van der Waals surface area contributed by atoms with Gasteiger partial charge < -0.3 is 9.52 Å². The molecule has 0 spiro atoms. The van der Waals surface area contributed by atoms with Crippen LogP contribution in [0.4, 0.5) is 0 Å². The lowest BCUT2D eigenvalue weighted by atomic mass is 9.95. The molecule has 0 unspecified atom stereocenters. The summed E-state index contributed by atoms with van der Waals surface area (Å²) in [6.45, 7) is -0.114. The second-order valence-corrected chi connectivity index (χ2v) is 8.21. The Morgan fingerprint density at radius 2 is 1.84 bits per heavy atom. The molecular weight excluding hydrogens is 338 g/mol. The van der Waals surface area contributed by atoms with Gasteiger partial charge in [-0.2, -0.15) is 0 Å². The molecule has 1 atom stereocenters. The number of aliphatic hydroxyl groups is 1. The summed E-state index contributed by atoms with van der Waals surface area (Å²) in [5.41, 5.74) is -1.32. The summed E-state index contributed by atoms with van der Waals surface area (Å²) in [6.07, 6.45) is 3.20. The number of sulfonamides is 1. The van der Waals surface area contributed by atoms with Crippen LogP contribution in [0.1, 0.15) is 18.6 Å². The highest BCUT2D eigenvalue weighted by Gasteiger charge is 2.47. The zero-order valence-corrected chi connectivity index (χ0v) is 14.4. The summed E-state index contributed by atoms with van der Waals surface area (Å²) in [5, 5.41) is 12.5. The molecule has 0 aliphatic heterocycles. The van der Waals surface area contributed by atoms with E-state index in [4.69, 9.17) is 4.42 Å². The first-order valence-electron chi connectivity index (χ1n) is 8.24. The van der Waals surface area contributed by atoms with Gasteiger partial charge in [0, 0.05) is 11.9 Å². The van der Waals surface area contributed by atoms with Gasteiger partial charge in [0.15, 0.2) is 0 Å². The largest absolute Gasteiger partial charge is 0.466 e. The average Bonchev–Trinajstić information content (AvgIpc) is 3.34. The number of nitrogens with one attached hydrogen (secondary N) is 1. The maximum Gasteiger partial charge on any atom is 0.241 e. The maximum absolute atomic E-state index is 12.9.